The first kappa shape index (κ1) is 15.3. The molecular weight excluding hydrogens is 390 g/mol. The highest BCUT2D eigenvalue weighted by molar-refractivity contribution is 9.11. The molecule has 0 heterocycles. The van der Waals surface area contributed by atoms with Gasteiger partial charge in [0.25, 0.3) is 5.91 Å². The molecule has 5 nitrogen and oxygen atoms in total. The fourth-order valence-electron chi connectivity index (χ4n) is 2.48. The number of benzene rings is 1. The lowest BCUT2D eigenvalue weighted by molar-refractivity contribution is 0.0932. The molecule has 2 rings (SSSR count). The fourth-order valence-corrected chi connectivity index (χ4v) is 3.71. The van der Waals surface area contributed by atoms with Crippen molar-refractivity contribution in [3.63, 3.8) is 0 Å². The maximum absolute atomic E-state index is 12.3. The monoisotopic (exact) mass is 403 g/mol. The van der Waals surface area contributed by atoms with Crippen LogP contribution in [-0.2, 0) is 0 Å². The second-order valence-corrected chi connectivity index (χ2v) is 6.54. The molecule has 2 atom stereocenters. The standard InChI is InChI=1S/C13H15Br2N3O2/c14-7-4-5-8(10(15)6-7)13(19)17-11-3-1-2-9(11)12(16)18-20/h4-6,9,11,20H,1-3H2,(H2,16,18)(H,17,19). The van der Waals surface area contributed by atoms with Gasteiger partial charge in [0, 0.05) is 20.9 Å². The van der Waals surface area contributed by atoms with Crippen molar-refractivity contribution in [3.8, 4) is 0 Å². The minimum atomic E-state index is -0.160. The third-order valence-corrected chi connectivity index (χ3v) is 4.65. The molecule has 0 aliphatic heterocycles. The number of nitrogens with zero attached hydrogens (tertiary/aromatic N) is 1. The zero-order valence-electron chi connectivity index (χ0n) is 10.6. The van der Waals surface area contributed by atoms with Gasteiger partial charge in [0.2, 0.25) is 0 Å². The molecular formula is C13H15Br2N3O2. The van der Waals surface area contributed by atoms with Crippen LogP contribution in [-0.4, -0.2) is 23.0 Å². The number of carbonyl (C=O) groups is 1. The number of amidine groups is 1. The third-order valence-electron chi connectivity index (χ3n) is 3.50. The van der Waals surface area contributed by atoms with E-state index < -0.39 is 0 Å². The predicted octanol–water partition coefficient (Wildman–Crippen LogP) is 2.86. The molecule has 0 bridgehead atoms. The van der Waals surface area contributed by atoms with Crippen LogP contribution in [0.15, 0.2) is 32.3 Å². The Bertz CT molecular complexity index is 548. The maximum Gasteiger partial charge on any atom is 0.252 e. The Labute approximate surface area is 133 Å². The molecule has 0 aromatic heterocycles. The van der Waals surface area contributed by atoms with Crippen molar-refractivity contribution >= 4 is 43.6 Å². The van der Waals surface area contributed by atoms with E-state index in [2.05, 4.69) is 42.3 Å². The van der Waals surface area contributed by atoms with Crippen LogP contribution in [0.25, 0.3) is 0 Å². The van der Waals surface area contributed by atoms with Crippen LogP contribution in [0.5, 0.6) is 0 Å². The van der Waals surface area contributed by atoms with Crippen molar-refractivity contribution in [2.45, 2.75) is 25.3 Å². The van der Waals surface area contributed by atoms with Crippen LogP contribution in [0.3, 0.4) is 0 Å². The van der Waals surface area contributed by atoms with Crippen molar-refractivity contribution in [3.05, 3.63) is 32.7 Å². The van der Waals surface area contributed by atoms with Crippen molar-refractivity contribution < 1.29 is 10.0 Å². The Hall–Kier alpha value is -1.08. The van der Waals surface area contributed by atoms with E-state index in [4.69, 9.17) is 10.9 Å². The summed E-state index contributed by atoms with van der Waals surface area (Å²) in [5, 5.41) is 14.8. The average molecular weight is 405 g/mol. The summed E-state index contributed by atoms with van der Waals surface area (Å²) in [6, 6.07) is 5.30. The van der Waals surface area contributed by atoms with Gasteiger partial charge in [-0.15, -0.1) is 0 Å². The summed E-state index contributed by atoms with van der Waals surface area (Å²) in [6.07, 6.45) is 2.61. The number of rotatable bonds is 3. The maximum atomic E-state index is 12.3. The van der Waals surface area contributed by atoms with Gasteiger partial charge in [0.05, 0.1) is 5.56 Å². The second-order valence-electron chi connectivity index (χ2n) is 4.77. The van der Waals surface area contributed by atoms with Gasteiger partial charge in [-0.3, -0.25) is 4.79 Å². The summed E-state index contributed by atoms with van der Waals surface area (Å²) < 4.78 is 1.62. The molecule has 1 aliphatic rings. The molecule has 7 heteroatoms. The van der Waals surface area contributed by atoms with Gasteiger partial charge in [-0.05, 0) is 47.0 Å². The lowest BCUT2D eigenvalue weighted by Crippen LogP contribution is -2.42. The van der Waals surface area contributed by atoms with E-state index in [1.54, 1.807) is 6.07 Å². The van der Waals surface area contributed by atoms with Crippen molar-refractivity contribution in [1.82, 2.24) is 5.32 Å². The summed E-state index contributed by atoms with van der Waals surface area (Å²) >= 11 is 6.73. The van der Waals surface area contributed by atoms with E-state index in [0.717, 1.165) is 28.2 Å². The number of carbonyl (C=O) groups excluding carboxylic acids is 1. The number of nitrogens with one attached hydrogen (secondary N) is 1. The zero-order valence-corrected chi connectivity index (χ0v) is 13.8. The summed E-state index contributed by atoms with van der Waals surface area (Å²) in [6.45, 7) is 0. The van der Waals surface area contributed by atoms with Gasteiger partial charge in [0.1, 0.15) is 5.84 Å². The van der Waals surface area contributed by atoms with Crippen LogP contribution in [0.2, 0.25) is 0 Å². The lowest BCUT2D eigenvalue weighted by atomic mass is 10.0. The number of oxime groups is 1. The van der Waals surface area contributed by atoms with E-state index in [1.807, 2.05) is 12.1 Å². The topological polar surface area (TPSA) is 87.7 Å². The fraction of sp³-hybridized carbons (Fsp3) is 0.385. The Morgan fingerprint density at radius 3 is 2.80 bits per heavy atom. The minimum absolute atomic E-state index is 0.0889. The van der Waals surface area contributed by atoms with Crippen LogP contribution >= 0.6 is 31.9 Å². The number of hydrogen-bond donors (Lipinski definition) is 3. The zero-order chi connectivity index (χ0) is 14.7. The molecule has 1 amide bonds. The SMILES string of the molecule is N/C(=N/O)C1CCCC1NC(=O)c1ccc(Br)cc1Br. The molecule has 4 N–H and O–H groups in total. The molecule has 0 radical (unpaired) electrons. The van der Waals surface area contributed by atoms with Gasteiger partial charge >= 0.3 is 0 Å². The minimum Gasteiger partial charge on any atom is -0.409 e. The van der Waals surface area contributed by atoms with Crippen LogP contribution in [0, 0.1) is 5.92 Å². The summed E-state index contributed by atoms with van der Waals surface area (Å²) in [7, 11) is 0. The third kappa shape index (κ3) is 3.32. The molecule has 20 heavy (non-hydrogen) atoms. The van der Waals surface area contributed by atoms with E-state index >= 15 is 0 Å². The Morgan fingerprint density at radius 2 is 2.15 bits per heavy atom. The van der Waals surface area contributed by atoms with Crippen molar-refractivity contribution in [2.24, 2.45) is 16.8 Å². The first-order chi connectivity index (χ1) is 9.52. The highest BCUT2D eigenvalue weighted by Crippen LogP contribution is 2.27. The van der Waals surface area contributed by atoms with Crippen molar-refractivity contribution in [2.75, 3.05) is 0 Å². The highest BCUT2D eigenvalue weighted by atomic mass is 79.9. The van der Waals surface area contributed by atoms with Crippen LogP contribution < -0.4 is 11.1 Å². The van der Waals surface area contributed by atoms with Gasteiger partial charge in [-0.25, -0.2) is 0 Å². The van der Waals surface area contributed by atoms with Gasteiger partial charge < -0.3 is 16.3 Å². The molecule has 1 saturated carbocycles. The first-order valence-electron chi connectivity index (χ1n) is 6.26. The molecule has 1 aliphatic carbocycles. The molecule has 1 fully saturated rings. The van der Waals surface area contributed by atoms with E-state index in [9.17, 15) is 4.79 Å². The highest BCUT2D eigenvalue weighted by Gasteiger charge is 2.32. The van der Waals surface area contributed by atoms with Gasteiger partial charge in [-0.1, -0.05) is 27.5 Å². The summed E-state index contributed by atoms with van der Waals surface area (Å²) in [5.74, 6) is -0.0761. The largest absolute Gasteiger partial charge is 0.409 e. The molecule has 2 unspecified atom stereocenters. The number of hydrogen-bond acceptors (Lipinski definition) is 3. The molecule has 108 valence electrons. The quantitative estimate of drug-likeness (QED) is 0.313. The predicted molar refractivity (Wildman–Crippen MR) is 83.8 cm³/mol. The van der Waals surface area contributed by atoms with Crippen molar-refractivity contribution in [1.29, 1.82) is 0 Å². The smallest absolute Gasteiger partial charge is 0.252 e. The van der Waals surface area contributed by atoms with E-state index in [-0.39, 0.29) is 23.7 Å². The Kier molecular flexibility index (Phi) is 5.04. The first-order valence-corrected chi connectivity index (χ1v) is 7.85. The second kappa shape index (κ2) is 6.58. The Balaban J connectivity index is 2.11. The number of nitrogens with two attached hydrogens (primary N) is 1. The number of amides is 1. The van der Waals surface area contributed by atoms with Crippen LogP contribution in [0.4, 0.5) is 0 Å². The molecule has 0 spiro atoms. The Morgan fingerprint density at radius 1 is 1.40 bits per heavy atom. The van der Waals surface area contributed by atoms with E-state index in [1.165, 1.54) is 0 Å². The molecule has 1 aromatic carbocycles. The summed E-state index contributed by atoms with van der Waals surface area (Å²) in [4.78, 5) is 12.3. The van der Waals surface area contributed by atoms with Gasteiger partial charge in [-0.2, -0.15) is 0 Å². The normalized spacial score (nSPS) is 22.8. The van der Waals surface area contributed by atoms with E-state index in [0.29, 0.717) is 5.56 Å². The summed E-state index contributed by atoms with van der Waals surface area (Å²) in [5.41, 5.74) is 6.23. The lowest BCUT2D eigenvalue weighted by Gasteiger charge is -2.20. The molecule has 1 aromatic rings. The van der Waals surface area contributed by atoms with Crippen LogP contribution in [0.1, 0.15) is 29.6 Å². The average Bonchev–Trinajstić information content (AvgIpc) is 2.85. The van der Waals surface area contributed by atoms with Gasteiger partial charge in [0.15, 0.2) is 0 Å². The number of halogens is 2. The molecule has 0 saturated heterocycles.